The summed E-state index contributed by atoms with van der Waals surface area (Å²) in [4.78, 5) is 11.2. The smallest absolute Gasteiger partial charge is 0.261 e. The van der Waals surface area contributed by atoms with Crippen LogP contribution in [0.25, 0.3) is 11.1 Å². The highest BCUT2D eigenvalue weighted by Gasteiger charge is 2.09. The van der Waals surface area contributed by atoms with E-state index in [0.717, 1.165) is 11.1 Å². The van der Waals surface area contributed by atoms with Crippen LogP contribution < -0.4 is 0 Å². The first kappa shape index (κ1) is 13.8. The maximum Gasteiger partial charge on any atom is 0.261 e. The van der Waals surface area contributed by atoms with Crippen LogP contribution in [0.1, 0.15) is 17.3 Å². The fourth-order valence-electron chi connectivity index (χ4n) is 1.71. The fraction of sp³-hybridized carbons (Fsp3) is 0.0714. The molecule has 2 rings (SSSR count). The van der Waals surface area contributed by atoms with Gasteiger partial charge in [0.2, 0.25) is 0 Å². The van der Waals surface area contributed by atoms with Crippen molar-refractivity contribution in [2.75, 3.05) is 0 Å². The Morgan fingerprint density at radius 2 is 1.32 bits per heavy atom. The monoisotopic (exact) mass is 294 g/mol. The first-order valence-corrected chi connectivity index (χ1v) is 7.85. The molecule has 0 radical (unpaired) electrons. The molecule has 0 unspecified atom stereocenters. The zero-order valence-electron chi connectivity index (χ0n) is 10.1. The maximum absolute atomic E-state index is 11.2. The van der Waals surface area contributed by atoms with Gasteiger partial charge in [0.05, 0.1) is 4.90 Å². The molecule has 0 saturated carbocycles. The number of hydrogen-bond acceptors (Lipinski definition) is 3. The highest BCUT2D eigenvalue weighted by Crippen LogP contribution is 2.23. The van der Waals surface area contributed by atoms with Crippen LogP contribution in [0.5, 0.6) is 0 Å². The number of rotatable bonds is 3. The summed E-state index contributed by atoms with van der Waals surface area (Å²) in [5.41, 5.74) is 2.41. The third-order valence-corrected chi connectivity index (χ3v) is 4.13. The van der Waals surface area contributed by atoms with Crippen LogP contribution in [0.2, 0.25) is 0 Å². The molecule has 0 aliphatic rings. The van der Waals surface area contributed by atoms with E-state index in [-0.39, 0.29) is 10.7 Å². The summed E-state index contributed by atoms with van der Waals surface area (Å²) >= 11 is 0. The van der Waals surface area contributed by atoms with Gasteiger partial charge in [0.15, 0.2) is 5.78 Å². The Morgan fingerprint density at radius 3 is 1.68 bits per heavy atom. The molecule has 98 valence electrons. The zero-order chi connectivity index (χ0) is 14.0. The molecule has 2 aromatic rings. The lowest BCUT2D eigenvalue weighted by atomic mass is 10.0. The SMILES string of the molecule is CC(=O)c1ccc(-c2ccc(S(=O)(=O)Cl)cc2)cc1. The minimum atomic E-state index is -3.69. The Labute approximate surface area is 116 Å². The Kier molecular flexibility index (Phi) is 3.73. The molecule has 0 N–H and O–H groups in total. The highest BCUT2D eigenvalue weighted by molar-refractivity contribution is 8.13. The summed E-state index contributed by atoms with van der Waals surface area (Å²) in [6.45, 7) is 1.51. The minimum Gasteiger partial charge on any atom is -0.295 e. The van der Waals surface area contributed by atoms with Crippen LogP contribution in [0.3, 0.4) is 0 Å². The van der Waals surface area contributed by atoms with E-state index in [1.54, 1.807) is 24.3 Å². The molecule has 0 amide bonds. The van der Waals surface area contributed by atoms with E-state index in [1.807, 2.05) is 12.1 Å². The van der Waals surface area contributed by atoms with Crippen molar-refractivity contribution in [2.45, 2.75) is 11.8 Å². The first-order valence-electron chi connectivity index (χ1n) is 5.54. The van der Waals surface area contributed by atoms with E-state index in [0.29, 0.717) is 5.56 Å². The van der Waals surface area contributed by atoms with Crippen molar-refractivity contribution < 1.29 is 13.2 Å². The third-order valence-electron chi connectivity index (χ3n) is 2.76. The lowest BCUT2D eigenvalue weighted by Gasteiger charge is -2.03. The number of carbonyl (C=O) groups is 1. The second kappa shape index (κ2) is 5.15. The van der Waals surface area contributed by atoms with Crippen molar-refractivity contribution in [2.24, 2.45) is 0 Å². The highest BCUT2D eigenvalue weighted by atomic mass is 35.7. The molecule has 0 bridgehead atoms. The summed E-state index contributed by atoms with van der Waals surface area (Å²) in [6, 6.07) is 13.4. The van der Waals surface area contributed by atoms with Gasteiger partial charge in [-0.3, -0.25) is 4.79 Å². The van der Waals surface area contributed by atoms with Gasteiger partial charge in [0.1, 0.15) is 0 Å². The predicted octanol–water partition coefficient (Wildman–Crippen LogP) is 3.48. The van der Waals surface area contributed by atoms with Crippen molar-refractivity contribution in [3.63, 3.8) is 0 Å². The minimum absolute atomic E-state index is 0.00938. The predicted molar refractivity (Wildman–Crippen MR) is 74.9 cm³/mol. The van der Waals surface area contributed by atoms with E-state index in [9.17, 15) is 13.2 Å². The molecule has 3 nitrogen and oxygen atoms in total. The van der Waals surface area contributed by atoms with E-state index < -0.39 is 9.05 Å². The number of halogens is 1. The Bertz CT molecular complexity index is 701. The van der Waals surface area contributed by atoms with Crippen LogP contribution in [0, 0.1) is 0 Å². The molecule has 5 heteroatoms. The molecule has 2 aromatic carbocycles. The van der Waals surface area contributed by atoms with Crippen molar-refractivity contribution in [1.82, 2.24) is 0 Å². The van der Waals surface area contributed by atoms with Crippen molar-refractivity contribution >= 4 is 25.5 Å². The van der Waals surface area contributed by atoms with Crippen LogP contribution in [-0.4, -0.2) is 14.2 Å². The van der Waals surface area contributed by atoms with Crippen molar-refractivity contribution in [1.29, 1.82) is 0 Å². The van der Waals surface area contributed by atoms with Crippen molar-refractivity contribution in [3.8, 4) is 11.1 Å². The standard InChI is InChI=1S/C14H11ClO3S/c1-10(16)11-2-4-12(5-3-11)13-6-8-14(9-7-13)19(15,17)18/h2-9H,1H3. The zero-order valence-corrected chi connectivity index (χ0v) is 11.7. The molecule has 0 atom stereocenters. The lowest BCUT2D eigenvalue weighted by molar-refractivity contribution is 0.101. The van der Waals surface area contributed by atoms with Gasteiger partial charge in [-0.1, -0.05) is 36.4 Å². The van der Waals surface area contributed by atoms with Crippen LogP contribution >= 0.6 is 10.7 Å². The summed E-state index contributed by atoms with van der Waals surface area (Å²) < 4.78 is 22.3. The molecule has 0 heterocycles. The quantitative estimate of drug-likeness (QED) is 0.643. The molecular formula is C14H11ClO3S. The van der Waals surface area contributed by atoms with Crippen LogP contribution in [0.4, 0.5) is 0 Å². The Balaban J connectivity index is 2.35. The molecule has 19 heavy (non-hydrogen) atoms. The van der Waals surface area contributed by atoms with Crippen molar-refractivity contribution in [3.05, 3.63) is 54.1 Å². The molecule has 0 saturated heterocycles. The van der Waals surface area contributed by atoms with Gasteiger partial charge in [-0.05, 0) is 30.2 Å². The lowest BCUT2D eigenvalue weighted by Crippen LogP contribution is -1.92. The van der Waals surface area contributed by atoms with Gasteiger partial charge in [0, 0.05) is 16.2 Å². The first-order chi connectivity index (χ1) is 8.88. The number of carbonyl (C=O) groups excluding carboxylic acids is 1. The molecule has 0 aliphatic carbocycles. The van der Waals surface area contributed by atoms with Gasteiger partial charge in [-0.25, -0.2) is 8.42 Å². The number of benzene rings is 2. The van der Waals surface area contributed by atoms with Gasteiger partial charge in [-0.15, -0.1) is 0 Å². The Morgan fingerprint density at radius 1 is 0.895 bits per heavy atom. The summed E-state index contributed by atoms with van der Waals surface area (Å²) in [5, 5.41) is 0. The Hall–Kier alpha value is -1.65. The summed E-state index contributed by atoms with van der Waals surface area (Å²) in [6.07, 6.45) is 0. The van der Waals surface area contributed by atoms with E-state index in [1.165, 1.54) is 19.1 Å². The van der Waals surface area contributed by atoms with Gasteiger partial charge in [0.25, 0.3) is 9.05 Å². The molecule has 0 spiro atoms. The number of Topliss-reactive ketones (excluding diaryl/α,β-unsaturated/α-hetero) is 1. The number of ketones is 1. The van der Waals surface area contributed by atoms with Crippen LogP contribution in [-0.2, 0) is 9.05 Å². The van der Waals surface area contributed by atoms with Crippen LogP contribution in [0.15, 0.2) is 53.4 Å². The van der Waals surface area contributed by atoms with Gasteiger partial charge < -0.3 is 0 Å². The normalized spacial score (nSPS) is 11.3. The largest absolute Gasteiger partial charge is 0.295 e. The molecular weight excluding hydrogens is 284 g/mol. The van der Waals surface area contributed by atoms with Gasteiger partial charge in [-0.2, -0.15) is 0 Å². The molecule has 0 fully saturated rings. The van der Waals surface area contributed by atoms with Gasteiger partial charge >= 0.3 is 0 Å². The average molecular weight is 295 g/mol. The topological polar surface area (TPSA) is 51.2 Å². The second-order valence-corrected chi connectivity index (χ2v) is 6.66. The summed E-state index contributed by atoms with van der Waals surface area (Å²) in [5.74, 6) is 0.00938. The summed E-state index contributed by atoms with van der Waals surface area (Å²) in [7, 11) is 1.56. The average Bonchev–Trinajstić information content (AvgIpc) is 2.38. The second-order valence-electron chi connectivity index (χ2n) is 4.10. The van der Waals surface area contributed by atoms with E-state index in [4.69, 9.17) is 10.7 Å². The fourth-order valence-corrected chi connectivity index (χ4v) is 2.48. The number of hydrogen-bond donors (Lipinski definition) is 0. The molecule has 0 aromatic heterocycles. The van der Waals surface area contributed by atoms with E-state index >= 15 is 0 Å². The van der Waals surface area contributed by atoms with E-state index in [2.05, 4.69) is 0 Å². The molecule has 0 aliphatic heterocycles. The third kappa shape index (κ3) is 3.22. The maximum atomic E-state index is 11.2.